The Morgan fingerprint density at radius 2 is 2.00 bits per heavy atom. The minimum atomic E-state index is -0.525. The van der Waals surface area contributed by atoms with Gasteiger partial charge in [0, 0.05) is 12.3 Å². The number of ether oxygens (including phenoxy) is 1. The highest BCUT2D eigenvalue weighted by Crippen LogP contribution is 2.27. The summed E-state index contributed by atoms with van der Waals surface area (Å²) in [6.07, 6.45) is 1.60. The van der Waals surface area contributed by atoms with Gasteiger partial charge in [0.15, 0.2) is 0 Å². The molecule has 6 nitrogen and oxygen atoms in total. The topological polar surface area (TPSA) is 95.3 Å². The Kier molecular flexibility index (Phi) is 4.18. The van der Waals surface area contributed by atoms with E-state index in [2.05, 4.69) is 10.3 Å². The Hall–Kier alpha value is -2.89. The number of nitrogens with one attached hydrogen (secondary N) is 2. The number of benzene rings is 1. The standard InChI is InChI=1S/C15H15N3O3/c1-9(16)18-15(20)12-7-10(3-4-13(12)19)11-5-6-17-14(8-11)21-2/h3-8,19H,1-2H3,(H2,16,18,20). The van der Waals surface area contributed by atoms with Gasteiger partial charge in [-0.1, -0.05) is 6.07 Å². The highest BCUT2D eigenvalue weighted by atomic mass is 16.5. The Bertz CT molecular complexity index is 698. The normalized spacial score (nSPS) is 10.0. The quantitative estimate of drug-likeness (QED) is 0.595. The van der Waals surface area contributed by atoms with Gasteiger partial charge in [-0.25, -0.2) is 4.98 Å². The first kappa shape index (κ1) is 14.5. The fraction of sp³-hybridized carbons (Fsp3) is 0.133. The molecule has 0 aliphatic carbocycles. The maximum Gasteiger partial charge on any atom is 0.260 e. The number of aromatic hydroxyl groups is 1. The van der Waals surface area contributed by atoms with Gasteiger partial charge in [0.05, 0.1) is 18.5 Å². The zero-order chi connectivity index (χ0) is 15.4. The average Bonchev–Trinajstić information content (AvgIpc) is 2.47. The number of aromatic nitrogens is 1. The Morgan fingerprint density at radius 1 is 1.29 bits per heavy atom. The third kappa shape index (κ3) is 3.36. The highest BCUT2D eigenvalue weighted by molar-refractivity contribution is 6.06. The number of hydrogen-bond donors (Lipinski definition) is 3. The molecule has 108 valence electrons. The first-order valence-electron chi connectivity index (χ1n) is 6.21. The van der Waals surface area contributed by atoms with Gasteiger partial charge in [-0.05, 0) is 36.2 Å². The zero-order valence-electron chi connectivity index (χ0n) is 11.7. The van der Waals surface area contributed by atoms with Crippen molar-refractivity contribution in [1.29, 1.82) is 5.41 Å². The number of carbonyl (C=O) groups excluding carboxylic acids is 1. The number of rotatable bonds is 3. The third-order valence-corrected chi connectivity index (χ3v) is 2.82. The van der Waals surface area contributed by atoms with Gasteiger partial charge >= 0.3 is 0 Å². The summed E-state index contributed by atoms with van der Waals surface area (Å²) >= 11 is 0. The van der Waals surface area contributed by atoms with Crippen LogP contribution in [-0.2, 0) is 0 Å². The van der Waals surface area contributed by atoms with E-state index in [0.29, 0.717) is 5.88 Å². The Morgan fingerprint density at radius 3 is 2.67 bits per heavy atom. The predicted molar refractivity (Wildman–Crippen MR) is 78.8 cm³/mol. The van der Waals surface area contributed by atoms with Crippen molar-refractivity contribution in [3.8, 4) is 22.8 Å². The second kappa shape index (κ2) is 6.04. The fourth-order valence-electron chi connectivity index (χ4n) is 1.84. The van der Waals surface area contributed by atoms with E-state index in [9.17, 15) is 9.90 Å². The van der Waals surface area contributed by atoms with Crippen LogP contribution in [0.1, 0.15) is 17.3 Å². The molecule has 1 heterocycles. The largest absolute Gasteiger partial charge is 0.507 e. The first-order valence-corrected chi connectivity index (χ1v) is 6.21. The van der Waals surface area contributed by atoms with E-state index in [0.717, 1.165) is 11.1 Å². The van der Waals surface area contributed by atoms with Crippen LogP contribution >= 0.6 is 0 Å². The molecule has 21 heavy (non-hydrogen) atoms. The number of pyridine rings is 1. The van der Waals surface area contributed by atoms with Crippen LogP contribution in [0.3, 0.4) is 0 Å². The lowest BCUT2D eigenvalue weighted by molar-refractivity contribution is 0.0974. The summed E-state index contributed by atoms with van der Waals surface area (Å²) in [7, 11) is 1.52. The van der Waals surface area contributed by atoms with Crippen molar-refractivity contribution in [1.82, 2.24) is 10.3 Å². The molecule has 0 aliphatic heterocycles. The van der Waals surface area contributed by atoms with Gasteiger partial charge in [0.25, 0.3) is 5.91 Å². The summed E-state index contributed by atoms with van der Waals surface area (Å²) in [5.74, 6) is -0.196. The molecule has 1 amide bonds. The number of hydrogen-bond acceptors (Lipinski definition) is 5. The van der Waals surface area contributed by atoms with Crippen LogP contribution < -0.4 is 10.1 Å². The van der Waals surface area contributed by atoms with E-state index < -0.39 is 5.91 Å². The van der Waals surface area contributed by atoms with Crippen LogP contribution in [0.5, 0.6) is 11.6 Å². The predicted octanol–water partition coefficient (Wildman–Crippen LogP) is 2.19. The minimum absolute atomic E-state index is 0.00961. The first-order chi connectivity index (χ1) is 10.0. The van der Waals surface area contributed by atoms with E-state index in [1.165, 1.54) is 20.1 Å². The van der Waals surface area contributed by atoms with Gasteiger partial charge < -0.3 is 15.2 Å². The minimum Gasteiger partial charge on any atom is -0.507 e. The number of methoxy groups -OCH3 is 1. The van der Waals surface area contributed by atoms with Crippen molar-refractivity contribution in [3.63, 3.8) is 0 Å². The SMILES string of the molecule is COc1cc(-c2ccc(O)c(C(=O)NC(C)=N)c2)ccn1. The molecule has 3 N–H and O–H groups in total. The lowest BCUT2D eigenvalue weighted by Gasteiger charge is -2.09. The molecule has 0 saturated carbocycles. The number of nitrogens with zero attached hydrogens (tertiary/aromatic N) is 1. The van der Waals surface area contributed by atoms with Crippen molar-refractivity contribution in [3.05, 3.63) is 42.1 Å². The van der Waals surface area contributed by atoms with E-state index in [1.54, 1.807) is 30.5 Å². The second-order valence-corrected chi connectivity index (χ2v) is 4.40. The molecular formula is C15H15N3O3. The van der Waals surface area contributed by atoms with Crippen molar-refractivity contribution in [2.24, 2.45) is 0 Å². The van der Waals surface area contributed by atoms with Crippen LogP contribution in [0, 0.1) is 5.41 Å². The van der Waals surface area contributed by atoms with E-state index >= 15 is 0 Å². The van der Waals surface area contributed by atoms with Crippen LogP contribution in [0.4, 0.5) is 0 Å². The monoisotopic (exact) mass is 285 g/mol. The summed E-state index contributed by atoms with van der Waals surface area (Å²) in [6, 6.07) is 8.20. The van der Waals surface area contributed by atoms with Crippen LogP contribution in [0.25, 0.3) is 11.1 Å². The summed E-state index contributed by atoms with van der Waals surface area (Å²) in [5.41, 5.74) is 1.65. The molecule has 6 heteroatoms. The van der Waals surface area contributed by atoms with Crippen LogP contribution in [-0.4, -0.2) is 28.9 Å². The number of phenols is 1. The van der Waals surface area contributed by atoms with Gasteiger partial charge in [-0.2, -0.15) is 0 Å². The lowest BCUT2D eigenvalue weighted by atomic mass is 10.0. The molecule has 0 radical (unpaired) electrons. The van der Waals surface area contributed by atoms with Crippen LogP contribution in [0.15, 0.2) is 36.5 Å². The zero-order valence-corrected chi connectivity index (χ0v) is 11.7. The Labute approximate surface area is 121 Å². The molecule has 0 spiro atoms. The number of amidine groups is 1. The van der Waals surface area contributed by atoms with Crippen molar-refractivity contribution >= 4 is 11.7 Å². The molecular weight excluding hydrogens is 270 g/mol. The molecule has 0 aliphatic rings. The fourth-order valence-corrected chi connectivity index (χ4v) is 1.84. The summed E-state index contributed by atoms with van der Waals surface area (Å²) in [6.45, 7) is 1.45. The van der Waals surface area contributed by atoms with Gasteiger partial charge in [-0.15, -0.1) is 0 Å². The van der Waals surface area contributed by atoms with Crippen LogP contribution in [0.2, 0.25) is 0 Å². The second-order valence-electron chi connectivity index (χ2n) is 4.40. The smallest absolute Gasteiger partial charge is 0.260 e. The van der Waals surface area contributed by atoms with E-state index in [4.69, 9.17) is 10.1 Å². The maximum atomic E-state index is 11.9. The van der Waals surface area contributed by atoms with Gasteiger partial charge in [0.1, 0.15) is 5.75 Å². The molecule has 1 aromatic carbocycles. The molecule has 0 unspecified atom stereocenters. The number of amides is 1. The Balaban J connectivity index is 2.42. The van der Waals surface area contributed by atoms with Crippen molar-refractivity contribution in [2.45, 2.75) is 6.92 Å². The number of carbonyl (C=O) groups is 1. The van der Waals surface area contributed by atoms with Gasteiger partial charge in [0.2, 0.25) is 5.88 Å². The van der Waals surface area contributed by atoms with Gasteiger partial charge in [-0.3, -0.25) is 10.2 Å². The lowest BCUT2D eigenvalue weighted by Crippen LogP contribution is -2.27. The third-order valence-electron chi connectivity index (χ3n) is 2.82. The van der Waals surface area contributed by atoms with Crippen molar-refractivity contribution < 1.29 is 14.6 Å². The van der Waals surface area contributed by atoms with E-state index in [-0.39, 0.29) is 17.1 Å². The number of phenolic OH excluding ortho intramolecular Hbond substituents is 1. The maximum absolute atomic E-state index is 11.9. The molecule has 0 saturated heterocycles. The highest BCUT2D eigenvalue weighted by Gasteiger charge is 2.13. The van der Waals surface area contributed by atoms with Crippen molar-refractivity contribution in [2.75, 3.05) is 7.11 Å². The molecule has 2 aromatic rings. The van der Waals surface area contributed by atoms with E-state index in [1.807, 2.05) is 0 Å². The molecule has 0 atom stereocenters. The summed E-state index contributed by atoms with van der Waals surface area (Å²) in [5, 5.41) is 19.4. The average molecular weight is 285 g/mol. The molecule has 0 bridgehead atoms. The summed E-state index contributed by atoms with van der Waals surface area (Å²) < 4.78 is 5.06. The molecule has 0 fully saturated rings. The summed E-state index contributed by atoms with van der Waals surface area (Å²) in [4.78, 5) is 16.0. The molecule has 2 rings (SSSR count). The molecule has 1 aromatic heterocycles.